The minimum Gasteiger partial charge on any atom is -0.352 e. The smallest absolute Gasteiger partial charge is 0.352 e. The number of nitrogens with zero attached hydrogens (tertiary/aromatic N) is 1. The fourth-order valence-corrected chi connectivity index (χ4v) is 3.28. The Morgan fingerprint density at radius 2 is 2.18 bits per heavy atom. The Morgan fingerprint density at radius 1 is 1.32 bits per heavy atom. The van der Waals surface area contributed by atoms with Crippen LogP contribution >= 0.6 is 11.8 Å². The molecule has 4 nitrogen and oxygen atoms in total. The number of carbonyl (C=O) groups is 1. The molecule has 2 aromatic rings. The fraction of sp³-hybridized carbons (Fsp3) is 0.176. The molecule has 0 spiro atoms. The molecule has 1 N–H and O–H groups in total. The molecule has 1 fully saturated rings. The molecule has 1 aliphatic rings. The molecule has 5 heteroatoms. The highest BCUT2D eigenvalue weighted by Gasteiger charge is 2.23. The van der Waals surface area contributed by atoms with Crippen molar-refractivity contribution < 1.29 is 9.63 Å². The molecule has 0 aromatic heterocycles. The number of rotatable bonds is 4. The lowest BCUT2D eigenvalue weighted by molar-refractivity contribution is 0.133. The summed E-state index contributed by atoms with van der Waals surface area (Å²) >= 11 is 1.79. The number of hydroxylamine groups is 1. The van der Waals surface area contributed by atoms with Crippen LogP contribution in [0, 0.1) is 6.92 Å². The number of hydrogen-bond donors (Lipinski definition) is 1. The third kappa shape index (κ3) is 2.96. The molecule has 3 rings (SSSR count). The second-order valence-electron chi connectivity index (χ2n) is 4.91. The van der Waals surface area contributed by atoms with Crippen LogP contribution in [0.3, 0.4) is 0 Å². The molecule has 1 aliphatic heterocycles. The van der Waals surface area contributed by atoms with Crippen molar-refractivity contribution in [2.75, 3.05) is 17.3 Å². The van der Waals surface area contributed by atoms with Crippen molar-refractivity contribution in [3.63, 3.8) is 0 Å². The summed E-state index contributed by atoms with van der Waals surface area (Å²) in [6.07, 6.45) is -0.381. The van der Waals surface area contributed by atoms with Gasteiger partial charge in [0.2, 0.25) is 0 Å². The van der Waals surface area contributed by atoms with Crippen LogP contribution in [0.25, 0.3) is 11.1 Å². The van der Waals surface area contributed by atoms with Gasteiger partial charge in [-0.2, -0.15) is 0 Å². The maximum atomic E-state index is 11.7. The Kier molecular flexibility index (Phi) is 4.36. The van der Waals surface area contributed by atoms with Gasteiger partial charge in [0.15, 0.2) is 0 Å². The lowest BCUT2D eigenvalue weighted by atomic mass is 10.0. The lowest BCUT2D eigenvalue weighted by Crippen LogP contribution is -2.24. The fourth-order valence-electron chi connectivity index (χ4n) is 2.40. The summed E-state index contributed by atoms with van der Waals surface area (Å²) in [5.41, 5.74) is 6.64. The highest BCUT2D eigenvalue weighted by molar-refractivity contribution is 7.99. The minimum atomic E-state index is -0.381. The van der Waals surface area contributed by atoms with Crippen LogP contribution in [0.15, 0.2) is 47.4 Å². The number of hydrogen-bond acceptors (Lipinski definition) is 4. The predicted octanol–water partition coefficient (Wildman–Crippen LogP) is 4.07. The van der Waals surface area contributed by atoms with Crippen molar-refractivity contribution >= 4 is 23.5 Å². The highest BCUT2D eigenvalue weighted by atomic mass is 32.2. The van der Waals surface area contributed by atoms with Crippen molar-refractivity contribution in [1.82, 2.24) is 5.48 Å². The van der Waals surface area contributed by atoms with Gasteiger partial charge in [0, 0.05) is 10.6 Å². The molecule has 0 atom stereocenters. The second-order valence-corrected chi connectivity index (χ2v) is 6.22. The minimum absolute atomic E-state index is 0.358. The van der Waals surface area contributed by atoms with Gasteiger partial charge in [0.25, 0.3) is 0 Å². The first-order valence-electron chi connectivity index (χ1n) is 7.09. The van der Waals surface area contributed by atoms with E-state index in [0.717, 1.165) is 28.1 Å². The summed E-state index contributed by atoms with van der Waals surface area (Å²) in [4.78, 5) is 19.2. The quantitative estimate of drug-likeness (QED) is 0.864. The maximum Gasteiger partial charge on any atom is 0.434 e. The summed E-state index contributed by atoms with van der Waals surface area (Å²) in [5, 5.41) is 0. The monoisotopic (exact) mass is 313 g/mol. The van der Waals surface area contributed by atoms with Crippen molar-refractivity contribution in [2.24, 2.45) is 0 Å². The van der Waals surface area contributed by atoms with Crippen molar-refractivity contribution in [1.29, 1.82) is 0 Å². The normalized spacial score (nSPS) is 14.3. The van der Waals surface area contributed by atoms with E-state index < -0.39 is 0 Å². The van der Waals surface area contributed by atoms with Crippen LogP contribution in [-0.4, -0.2) is 18.5 Å². The lowest BCUT2D eigenvalue weighted by Gasteiger charge is -2.15. The number of nitrogens with one attached hydrogen (secondary N) is 1. The predicted molar refractivity (Wildman–Crippen MR) is 89.7 cm³/mol. The van der Waals surface area contributed by atoms with Gasteiger partial charge < -0.3 is 4.84 Å². The first-order chi connectivity index (χ1) is 10.7. The molecule has 2 aromatic carbocycles. The zero-order chi connectivity index (χ0) is 15.5. The van der Waals surface area contributed by atoms with E-state index in [-0.39, 0.29) is 6.09 Å². The molecule has 1 saturated heterocycles. The Bertz CT molecular complexity index is 703. The SMILES string of the molecule is [CH2]c1ccc(-c2cccc(N3CNOC3=O)c2)c(SCC)c1. The molecule has 0 bridgehead atoms. The van der Waals surface area contributed by atoms with E-state index in [1.54, 1.807) is 16.7 Å². The molecule has 1 heterocycles. The van der Waals surface area contributed by atoms with Gasteiger partial charge in [-0.3, -0.25) is 4.90 Å². The van der Waals surface area contributed by atoms with Crippen LogP contribution < -0.4 is 10.4 Å². The number of carbonyl (C=O) groups excluding carboxylic acids is 1. The molecule has 1 radical (unpaired) electrons. The highest BCUT2D eigenvalue weighted by Crippen LogP contribution is 2.34. The molecule has 22 heavy (non-hydrogen) atoms. The Balaban J connectivity index is 2.00. The standard InChI is InChI=1S/C17H17N2O2S/c1-3-22-16-9-12(2)7-8-15(16)13-5-4-6-14(10-13)19-11-18-21-17(19)20/h4-10,18H,2-3,11H2,1H3. The Morgan fingerprint density at radius 3 is 2.91 bits per heavy atom. The van der Waals surface area contributed by atoms with E-state index in [4.69, 9.17) is 4.84 Å². The molecule has 0 saturated carbocycles. The van der Waals surface area contributed by atoms with Gasteiger partial charge in [-0.05, 0) is 47.6 Å². The number of benzene rings is 2. The molecule has 1 amide bonds. The zero-order valence-electron chi connectivity index (χ0n) is 12.3. The third-order valence-electron chi connectivity index (χ3n) is 3.42. The van der Waals surface area contributed by atoms with Gasteiger partial charge in [0.1, 0.15) is 6.67 Å². The van der Waals surface area contributed by atoms with Crippen molar-refractivity contribution in [3.8, 4) is 11.1 Å². The van der Waals surface area contributed by atoms with E-state index in [0.29, 0.717) is 6.67 Å². The third-order valence-corrected chi connectivity index (χ3v) is 4.35. The van der Waals surface area contributed by atoms with Crippen LogP contribution in [0.4, 0.5) is 10.5 Å². The topological polar surface area (TPSA) is 41.6 Å². The molecular formula is C17H17N2O2S. The average molecular weight is 313 g/mol. The van der Waals surface area contributed by atoms with Gasteiger partial charge in [-0.1, -0.05) is 31.2 Å². The second kappa shape index (κ2) is 6.42. The van der Waals surface area contributed by atoms with E-state index in [2.05, 4.69) is 37.5 Å². The van der Waals surface area contributed by atoms with Gasteiger partial charge in [-0.15, -0.1) is 17.2 Å². The summed E-state index contributed by atoms with van der Waals surface area (Å²) in [5.74, 6) is 0.999. The number of thioether (sulfide) groups is 1. The Labute approximate surface area is 134 Å². The van der Waals surface area contributed by atoms with Crippen LogP contribution in [0.2, 0.25) is 0 Å². The van der Waals surface area contributed by atoms with E-state index >= 15 is 0 Å². The van der Waals surface area contributed by atoms with Gasteiger partial charge in [0.05, 0.1) is 0 Å². The zero-order valence-corrected chi connectivity index (χ0v) is 13.2. The largest absolute Gasteiger partial charge is 0.434 e. The summed E-state index contributed by atoms with van der Waals surface area (Å²) in [6, 6.07) is 14.1. The Hall–Kier alpha value is -1.98. The first-order valence-corrected chi connectivity index (χ1v) is 8.08. The van der Waals surface area contributed by atoms with E-state index in [9.17, 15) is 4.79 Å². The van der Waals surface area contributed by atoms with Crippen molar-refractivity contribution in [3.05, 3.63) is 55.0 Å². The van der Waals surface area contributed by atoms with Crippen LogP contribution in [0.1, 0.15) is 12.5 Å². The van der Waals surface area contributed by atoms with E-state index in [1.807, 2.05) is 24.3 Å². The summed E-state index contributed by atoms with van der Waals surface area (Å²) in [7, 11) is 0. The molecular weight excluding hydrogens is 296 g/mol. The number of anilines is 1. The average Bonchev–Trinajstić information content (AvgIpc) is 2.94. The first kappa shape index (κ1) is 14.9. The van der Waals surface area contributed by atoms with Crippen LogP contribution in [0.5, 0.6) is 0 Å². The summed E-state index contributed by atoms with van der Waals surface area (Å²) in [6.45, 7) is 6.49. The van der Waals surface area contributed by atoms with Crippen molar-refractivity contribution in [2.45, 2.75) is 11.8 Å². The molecule has 113 valence electrons. The summed E-state index contributed by atoms with van der Waals surface area (Å²) < 4.78 is 0. The number of amides is 1. The molecule has 0 unspecified atom stereocenters. The van der Waals surface area contributed by atoms with Gasteiger partial charge >= 0.3 is 6.09 Å². The maximum absolute atomic E-state index is 11.7. The van der Waals surface area contributed by atoms with Gasteiger partial charge in [-0.25, -0.2) is 4.79 Å². The molecule has 0 aliphatic carbocycles. The van der Waals surface area contributed by atoms with Crippen LogP contribution in [-0.2, 0) is 4.84 Å². The van der Waals surface area contributed by atoms with E-state index in [1.165, 1.54) is 4.90 Å².